The highest BCUT2D eigenvalue weighted by Crippen LogP contribution is 2.34. The number of hydrogen-bond donors (Lipinski definition) is 3. The zero-order valence-electron chi connectivity index (χ0n) is 17.9. The monoisotopic (exact) mass is 416 g/mol. The van der Waals surface area contributed by atoms with Crippen LogP contribution >= 0.6 is 0 Å². The molecule has 0 aromatic heterocycles. The molecule has 3 N–H and O–H groups in total. The first-order valence-corrected chi connectivity index (χ1v) is 10.4. The van der Waals surface area contributed by atoms with E-state index in [0.717, 1.165) is 24.9 Å². The largest absolute Gasteiger partial charge is 0.493 e. The second-order valence-electron chi connectivity index (χ2n) is 7.52. The summed E-state index contributed by atoms with van der Waals surface area (Å²) < 4.78 is 25.3. The van der Waals surface area contributed by atoms with Crippen LogP contribution in [0.5, 0.6) is 11.5 Å². The van der Waals surface area contributed by atoms with Gasteiger partial charge in [0.15, 0.2) is 11.5 Å². The van der Waals surface area contributed by atoms with Gasteiger partial charge in [-0.2, -0.15) is 0 Å². The van der Waals surface area contributed by atoms with Gasteiger partial charge >= 0.3 is 6.03 Å². The minimum atomic E-state index is -0.199. The number of halogens is 1. The van der Waals surface area contributed by atoms with Gasteiger partial charge in [-0.25, -0.2) is 9.18 Å². The molecule has 1 aliphatic rings. The number of quaternary nitrogens is 1. The van der Waals surface area contributed by atoms with Crippen molar-refractivity contribution < 1.29 is 23.6 Å². The van der Waals surface area contributed by atoms with Crippen molar-refractivity contribution in [2.45, 2.75) is 32.4 Å². The number of carbonyl (C=O) groups excluding carboxylic acids is 1. The highest BCUT2D eigenvalue weighted by atomic mass is 19.1. The van der Waals surface area contributed by atoms with Gasteiger partial charge in [0.25, 0.3) is 0 Å². The Morgan fingerprint density at radius 1 is 1.17 bits per heavy atom. The Balaban J connectivity index is 1.89. The van der Waals surface area contributed by atoms with Crippen LogP contribution in [0.15, 0.2) is 36.4 Å². The number of methoxy groups -OCH3 is 2. The smallest absolute Gasteiger partial charge is 0.315 e. The Labute approximate surface area is 177 Å². The van der Waals surface area contributed by atoms with Crippen LogP contribution < -0.4 is 25.0 Å². The van der Waals surface area contributed by atoms with Crippen LogP contribution in [0, 0.1) is 5.82 Å². The highest BCUT2D eigenvalue weighted by Gasteiger charge is 2.33. The first kappa shape index (κ1) is 21.9. The number of ether oxygens (including phenoxy) is 2. The number of fused-ring (bicyclic) bond motifs is 1. The van der Waals surface area contributed by atoms with Crippen LogP contribution in [0.1, 0.15) is 36.1 Å². The molecular weight excluding hydrogens is 385 g/mol. The minimum Gasteiger partial charge on any atom is -0.493 e. The fraction of sp³-hybridized carbons (Fsp3) is 0.435. The van der Waals surface area contributed by atoms with Crippen molar-refractivity contribution >= 4 is 6.03 Å². The average molecular weight is 417 g/mol. The van der Waals surface area contributed by atoms with Crippen LogP contribution in [0.4, 0.5) is 9.18 Å². The van der Waals surface area contributed by atoms with Gasteiger partial charge in [0, 0.05) is 24.1 Å². The molecule has 162 valence electrons. The number of amides is 2. The zero-order valence-corrected chi connectivity index (χ0v) is 17.9. The predicted molar refractivity (Wildman–Crippen MR) is 114 cm³/mol. The van der Waals surface area contributed by atoms with E-state index in [-0.39, 0.29) is 17.9 Å². The molecule has 1 unspecified atom stereocenters. The number of carbonyl (C=O) groups is 1. The molecule has 0 saturated heterocycles. The standard InChI is InChI=1S/C23H30FN3O3/c1-4-10-25-23(28)26-14-20-18-13-22(30-3)21(29-2)12-16(18)9-11-27(20)15-17-7-5-6-8-19(17)24/h5-8,12-13,20H,4,9-11,14-15H2,1-3H3,(H2,25,26,28)/p+1/t20-/m1/s1. The third-order valence-electron chi connectivity index (χ3n) is 5.61. The van der Waals surface area contributed by atoms with E-state index in [0.29, 0.717) is 36.7 Å². The second-order valence-corrected chi connectivity index (χ2v) is 7.52. The van der Waals surface area contributed by atoms with Crippen molar-refractivity contribution in [2.75, 3.05) is 33.9 Å². The molecule has 0 bridgehead atoms. The molecule has 6 nitrogen and oxygen atoms in total. The van der Waals surface area contributed by atoms with Gasteiger partial charge < -0.3 is 25.0 Å². The number of rotatable bonds is 8. The molecule has 0 radical (unpaired) electrons. The SMILES string of the molecule is CCCNC(=O)NC[C@@H]1c2cc(OC)c(OC)cc2CC[NH+]1Cc1ccccc1F. The van der Waals surface area contributed by atoms with E-state index in [1.54, 1.807) is 20.3 Å². The molecule has 2 aromatic rings. The molecular formula is C23H31FN3O3+. The summed E-state index contributed by atoms with van der Waals surface area (Å²) in [5.74, 6) is 1.15. The summed E-state index contributed by atoms with van der Waals surface area (Å²) in [6, 6.07) is 10.7. The van der Waals surface area contributed by atoms with E-state index < -0.39 is 0 Å². The van der Waals surface area contributed by atoms with E-state index in [4.69, 9.17) is 9.47 Å². The average Bonchev–Trinajstić information content (AvgIpc) is 2.77. The number of nitrogens with one attached hydrogen (secondary N) is 3. The Kier molecular flexibility index (Phi) is 7.52. The maximum Gasteiger partial charge on any atom is 0.315 e. The molecule has 7 heteroatoms. The number of hydrogen-bond acceptors (Lipinski definition) is 3. The Morgan fingerprint density at radius 2 is 1.90 bits per heavy atom. The lowest BCUT2D eigenvalue weighted by Crippen LogP contribution is -3.12. The maximum atomic E-state index is 14.3. The Hall–Kier alpha value is -2.80. The van der Waals surface area contributed by atoms with Gasteiger partial charge in [-0.3, -0.25) is 0 Å². The number of benzene rings is 2. The van der Waals surface area contributed by atoms with Gasteiger partial charge in [0.1, 0.15) is 18.4 Å². The summed E-state index contributed by atoms with van der Waals surface area (Å²) >= 11 is 0. The second kappa shape index (κ2) is 10.3. The van der Waals surface area contributed by atoms with Crippen molar-refractivity contribution in [3.8, 4) is 11.5 Å². The quantitative estimate of drug-likeness (QED) is 0.619. The topological polar surface area (TPSA) is 64.0 Å². The molecule has 0 fully saturated rings. The zero-order chi connectivity index (χ0) is 21.5. The third kappa shape index (κ3) is 5.02. The Bertz CT molecular complexity index is 875. The predicted octanol–water partition coefficient (Wildman–Crippen LogP) is 2.23. The van der Waals surface area contributed by atoms with Crippen LogP contribution in [0.3, 0.4) is 0 Å². The van der Waals surface area contributed by atoms with E-state index in [1.165, 1.54) is 16.5 Å². The van der Waals surface area contributed by atoms with E-state index in [9.17, 15) is 9.18 Å². The van der Waals surface area contributed by atoms with Crippen LogP contribution in [-0.4, -0.2) is 39.9 Å². The first-order valence-electron chi connectivity index (χ1n) is 10.4. The first-order chi connectivity index (χ1) is 14.6. The van der Waals surface area contributed by atoms with Gasteiger partial charge in [-0.1, -0.05) is 25.1 Å². The molecule has 1 heterocycles. The third-order valence-corrected chi connectivity index (χ3v) is 5.61. The van der Waals surface area contributed by atoms with Crippen LogP contribution in [-0.2, 0) is 13.0 Å². The van der Waals surface area contributed by atoms with E-state index in [1.807, 2.05) is 31.2 Å². The normalized spacial score (nSPS) is 17.7. The van der Waals surface area contributed by atoms with Crippen molar-refractivity contribution in [1.82, 2.24) is 10.6 Å². The summed E-state index contributed by atoms with van der Waals surface area (Å²) in [5.41, 5.74) is 2.95. The molecule has 3 rings (SSSR count). The molecule has 0 aliphatic carbocycles. The van der Waals surface area contributed by atoms with Crippen LogP contribution in [0.2, 0.25) is 0 Å². The van der Waals surface area contributed by atoms with Crippen molar-refractivity contribution in [1.29, 1.82) is 0 Å². The molecule has 1 aliphatic heterocycles. The maximum absolute atomic E-state index is 14.3. The molecule has 0 spiro atoms. The summed E-state index contributed by atoms with van der Waals surface area (Å²) in [5, 5.41) is 5.83. The minimum absolute atomic E-state index is 0.0273. The van der Waals surface area contributed by atoms with Crippen LogP contribution in [0.25, 0.3) is 0 Å². The Morgan fingerprint density at radius 3 is 2.60 bits per heavy atom. The summed E-state index contributed by atoms with van der Waals surface area (Å²) in [7, 11) is 3.24. The van der Waals surface area contributed by atoms with Crippen molar-refractivity contribution in [3.63, 3.8) is 0 Å². The fourth-order valence-electron chi connectivity index (χ4n) is 4.02. The summed E-state index contributed by atoms with van der Waals surface area (Å²) in [6.07, 6.45) is 1.72. The van der Waals surface area contributed by atoms with Gasteiger partial charge in [-0.05, 0) is 30.2 Å². The molecule has 2 aromatic carbocycles. The lowest BCUT2D eigenvalue weighted by Gasteiger charge is -2.35. The van der Waals surface area contributed by atoms with Gasteiger partial charge in [0.05, 0.1) is 27.3 Å². The summed E-state index contributed by atoms with van der Waals surface area (Å²) in [6.45, 7) is 4.46. The summed E-state index contributed by atoms with van der Waals surface area (Å²) in [4.78, 5) is 13.4. The lowest BCUT2D eigenvalue weighted by atomic mass is 9.91. The van der Waals surface area contributed by atoms with E-state index >= 15 is 0 Å². The van der Waals surface area contributed by atoms with E-state index in [2.05, 4.69) is 10.6 Å². The fourth-order valence-corrected chi connectivity index (χ4v) is 4.02. The molecule has 2 atom stereocenters. The molecule has 2 amide bonds. The number of urea groups is 1. The lowest BCUT2D eigenvalue weighted by molar-refractivity contribution is -0.946. The molecule has 30 heavy (non-hydrogen) atoms. The van der Waals surface area contributed by atoms with Crippen molar-refractivity contribution in [3.05, 3.63) is 58.9 Å². The molecule has 0 saturated carbocycles. The van der Waals surface area contributed by atoms with Gasteiger partial charge in [0.2, 0.25) is 0 Å². The highest BCUT2D eigenvalue weighted by molar-refractivity contribution is 5.73. The van der Waals surface area contributed by atoms with Crippen molar-refractivity contribution in [2.24, 2.45) is 0 Å². The van der Waals surface area contributed by atoms with Gasteiger partial charge in [-0.15, -0.1) is 0 Å².